The topological polar surface area (TPSA) is 97.6 Å². The molecule has 0 bridgehead atoms. The highest BCUT2D eigenvalue weighted by Crippen LogP contribution is 2.38. The molecule has 1 heterocycles. The van der Waals surface area contributed by atoms with E-state index in [0.29, 0.717) is 24.2 Å². The van der Waals surface area contributed by atoms with Gasteiger partial charge in [0, 0.05) is 30.2 Å². The number of fused-ring (bicyclic) bond motifs is 1. The van der Waals surface area contributed by atoms with Gasteiger partial charge in [-0.05, 0) is 43.1 Å². The summed E-state index contributed by atoms with van der Waals surface area (Å²) in [7, 11) is 0. The van der Waals surface area contributed by atoms with Crippen molar-refractivity contribution in [3.63, 3.8) is 0 Å². The van der Waals surface area contributed by atoms with Crippen LogP contribution in [-0.4, -0.2) is 59.8 Å². The largest absolute Gasteiger partial charge is 0.573 e. The summed E-state index contributed by atoms with van der Waals surface area (Å²) in [5.74, 6) is 0.363. The number of halogens is 3. The molecule has 3 N–H and O–H groups in total. The number of aliphatic hydroxyl groups excluding tert-OH is 3. The van der Waals surface area contributed by atoms with Crippen LogP contribution in [0, 0.1) is 0 Å². The fourth-order valence-electron chi connectivity index (χ4n) is 3.75. The second kappa shape index (κ2) is 12.1. The molecule has 0 fully saturated rings. The highest BCUT2D eigenvalue weighted by molar-refractivity contribution is 5.51. The average molecular weight is 498 g/mol. The second-order valence-corrected chi connectivity index (χ2v) is 8.15. The standard InChI is InChI=1S/C25H29F3O7/c1-2-32-14-18(30)12-19(31)15-33-20-7-6-17-11-23(34-22(17)13-20)21-8-5-16(4-3-9-29)10-24(21)35-25(26,27)28/h2,5-7,10-11,13,18-19,22,29-31H,1,3-4,8-9,12,14-15H2. The van der Waals surface area contributed by atoms with Crippen molar-refractivity contribution in [3.8, 4) is 0 Å². The van der Waals surface area contributed by atoms with Gasteiger partial charge in [0.1, 0.15) is 36.6 Å². The van der Waals surface area contributed by atoms with Gasteiger partial charge in [-0.1, -0.05) is 18.7 Å². The number of allylic oxidation sites excluding steroid dienone is 6. The summed E-state index contributed by atoms with van der Waals surface area (Å²) in [4.78, 5) is 0. The highest BCUT2D eigenvalue weighted by Gasteiger charge is 2.36. The molecule has 10 heteroatoms. The minimum atomic E-state index is -4.86. The molecule has 1 aliphatic heterocycles. The van der Waals surface area contributed by atoms with E-state index in [-0.39, 0.29) is 49.8 Å². The van der Waals surface area contributed by atoms with E-state index in [4.69, 9.17) is 19.3 Å². The Kier molecular flexibility index (Phi) is 9.25. The summed E-state index contributed by atoms with van der Waals surface area (Å²) >= 11 is 0. The maximum Gasteiger partial charge on any atom is 0.573 e. The Morgan fingerprint density at radius 3 is 2.66 bits per heavy atom. The average Bonchev–Trinajstić information content (AvgIpc) is 3.22. The van der Waals surface area contributed by atoms with Crippen LogP contribution in [0.1, 0.15) is 25.7 Å². The Balaban J connectivity index is 1.65. The first-order valence-corrected chi connectivity index (χ1v) is 11.2. The first-order valence-electron chi connectivity index (χ1n) is 11.2. The van der Waals surface area contributed by atoms with Crippen LogP contribution in [0.5, 0.6) is 0 Å². The molecule has 192 valence electrons. The third-order valence-corrected chi connectivity index (χ3v) is 5.36. The van der Waals surface area contributed by atoms with Crippen molar-refractivity contribution in [2.24, 2.45) is 0 Å². The van der Waals surface area contributed by atoms with E-state index >= 15 is 0 Å². The molecule has 35 heavy (non-hydrogen) atoms. The summed E-state index contributed by atoms with van der Waals surface area (Å²) in [6.45, 7) is 3.25. The lowest BCUT2D eigenvalue weighted by Gasteiger charge is -2.22. The number of aliphatic hydroxyl groups is 3. The van der Waals surface area contributed by atoms with Crippen LogP contribution >= 0.6 is 0 Å². The minimum absolute atomic E-state index is 0.0112. The molecule has 0 saturated heterocycles. The van der Waals surface area contributed by atoms with E-state index in [0.717, 1.165) is 5.57 Å². The summed E-state index contributed by atoms with van der Waals surface area (Å²) in [6.07, 6.45) is 4.91. The summed E-state index contributed by atoms with van der Waals surface area (Å²) in [5.41, 5.74) is 1.66. The summed E-state index contributed by atoms with van der Waals surface area (Å²) < 4.78 is 59.7. The first kappa shape index (κ1) is 26.7. The lowest BCUT2D eigenvalue weighted by molar-refractivity contribution is -0.304. The predicted octanol–water partition coefficient (Wildman–Crippen LogP) is 3.83. The minimum Gasteiger partial charge on any atom is -0.499 e. The van der Waals surface area contributed by atoms with E-state index in [1.807, 2.05) is 0 Å². The van der Waals surface area contributed by atoms with Gasteiger partial charge >= 0.3 is 6.36 Å². The van der Waals surface area contributed by atoms with Gasteiger partial charge in [-0.3, -0.25) is 0 Å². The molecule has 7 nitrogen and oxygen atoms in total. The van der Waals surface area contributed by atoms with Gasteiger partial charge in [-0.25, -0.2) is 0 Å². The monoisotopic (exact) mass is 498 g/mol. The van der Waals surface area contributed by atoms with Crippen molar-refractivity contribution in [1.29, 1.82) is 0 Å². The Bertz CT molecular complexity index is 957. The Hall–Kier alpha value is -2.95. The molecular weight excluding hydrogens is 469 g/mol. The van der Waals surface area contributed by atoms with Crippen molar-refractivity contribution in [3.05, 3.63) is 83.3 Å². The normalized spacial score (nSPS) is 23.2. The van der Waals surface area contributed by atoms with Crippen LogP contribution in [0.2, 0.25) is 0 Å². The lowest BCUT2D eigenvalue weighted by Crippen LogP contribution is -2.25. The van der Waals surface area contributed by atoms with E-state index in [1.54, 1.807) is 30.4 Å². The van der Waals surface area contributed by atoms with Crippen molar-refractivity contribution < 1.29 is 47.4 Å². The highest BCUT2D eigenvalue weighted by atomic mass is 19.4. The fraction of sp³-hybridized carbons (Fsp3) is 0.440. The molecule has 0 spiro atoms. The maximum atomic E-state index is 13.0. The van der Waals surface area contributed by atoms with Crippen molar-refractivity contribution in [1.82, 2.24) is 0 Å². The third-order valence-electron chi connectivity index (χ3n) is 5.36. The van der Waals surface area contributed by atoms with Gasteiger partial charge < -0.3 is 34.3 Å². The third kappa shape index (κ3) is 8.05. The molecular formula is C25H29F3O7. The van der Waals surface area contributed by atoms with E-state index in [9.17, 15) is 23.4 Å². The van der Waals surface area contributed by atoms with Crippen molar-refractivity contribution in [2.75, 3.05) is 19.8 Å². The van der Waals surface area contributed by atoms with Gasteiger partial charge in [-0.15, -0.1) is 13.2 Å². The zero-order valence-electron chi connectivity index (χ0n) is 19.0. The molecule has 0 amide bonds. The molecule has 3 unspecified atom stereocenters. The molecule has 0 radical (unpaired) electrons. The quantitative estimate of drug-likeness (QED) is 0.352. The molecule has 0 aromatic heterocycles. The van der Waals surface area contributed by atoms with Gasteiger partial charge in [0.05, 0.1) is 18.5 Å². The van der Waals surface area contributed by atoms with Crippen LogP contribution in [0.25, 0.3) is 0 Å². The van der Waals surface area contributed by atoms with E-state index in [1.165, 1.54) is 12.3 Å². The van der Waals surface area contributed by atoms with Crippen LogP contribution < -0.4 is 0 Å². The molecule has 3 aliphatic rings. The molecule has 3 rings (SSSR count). The summed E-state index contributed by atoms with van der Waals surface area (Å²) in [6, 6.07) is 0. The van der Waals surface area contributed by atoms with Crippen molar-refractivity contribution in [2.45, 2.75) is 50.4 Å². The zero-order chi connectivity index (χ0) is 25.4. The van der Waals surface area contributed by atoms with Crippen LogP contribution in [-0.2, 0) is 18.9 Å². The molecule has 0 aromatic rings. The summed E-state index contributed by atoms with van der Waals surface area (Å²) in [5, 5.41) is 28.8. The SMILES string of the molecule is C=COCC(O)CC(O)COC1=CC2OC(=C3CC=C(CCCO)C=C3OC(F)(F)F)C=C2C=C1. The number of rotatable bonds is 12. The smallest absolute Gasteiger partial charge is 0.499 e. The van der Waals surface area contributed by atoms with Gasteiger partial charge in [-0.2, -0.15) is 0 Å². The van der Waals surface area contributed by atoms with Crippen LogP contribution in [0.4, 0.5) is 13.2 Å². The molecule has 0 aromatic carbocycles. The van der Waals surface area contributed by atoms with E-state index in [2.05, 4.69) is 11.3 Å². The Morgan fingerprint density at radius 2 is 1.94 bits per heavy atom. The predicted molar refractivity (Wildman–Crippen MR) is 120 cm³/mol. The maximum absolute atomic E-state index is 13.0. The van der Waals surface area contributed by atoms with Crippen molar-refractivity contribution >= 4 is 0 Å². The zero-order valence-corrected chi connectivity index (χ0v) is 19.0. The first-order chi connectivity index (χ1) is 16.7. The number of ether oxygens (including phenoxy) is 4. The number of hydrogen-bond donors (Lipinski definition) is 3. The van der Waals surface area contributed by atoms with Crippen LogP contribution in [0.3, 0.4) is 0 Å². The Labute approximate surface area is 201 Å². The van der Waals surface area contributed by atoms with Gasteiger partial charge in [0.15, 0.2) is 0 Å². The van der Waals surface area contributed by atoms with Crippen LogP contribution in [0.15, 0.2) is 83.3 Å². The van der Waals surface area contributed by atoms with E-state index < -0.39 is 24.7 Å². The molecule has 2 aliphatic carbocycles. The molecule has 0 saturated carbocycles. The fourth-order valence-corrected chi connectivity index (χ4v) is 3.75. The molecule has 3 atom stereocenters. The number of alkyl halides is 3. The number of hydrogen-bond acceptors (Lipinski definition) is 7. The van der Waals surface area contributed by atoms with Gasteiger partial charge in [0.2, 0.25) is 0 Å². The second-order valence-electron chi connectivity index (χ2n) is 8.15. The van der Waals surface area contributed by atoms with Gasteiger partial charge in [0.25, 0.3) is 0 Å². The lowest BCUT2D eigenvalue weighted by atomic mass is 9.96. The Morgan fingerprint density at radius 1 is 1.17 bits per heavy atom.